The average Bonchev–Trinajstić information content (AvgIpc) is 2.85. The molecule has 0 aromatic carbocycles. The maximum absolute atomic E-state index is 4.01. The van der Waals surface area contributed by atoms with Crippen molar-refractivity contribution in [1.82, 2.24) is 15.3 Å². The van der Waals surface area contributed by atoms with Gasteiger partial charge < -0.3 is 10.3 Å². The van der Waals surface area contributed by atoms with Crippen LogP contribution >= 0.6 is 0 Å². The Morgan fingerprint density at radius 2 is 2.12 bits per heavy atom. The van der Waals surface area contributed by atoms with Gasteiger partial charge in [0.05, 0.1) is 6.33 Å². The molecule has 0 amide bonds. The van der Waals surface area contributed by atoms with E-state index >= 15 is 0 Å². The molecule has 17 heavy (non-hydrogen) atoms. The number of aryl methyl sites for hydroxylation is 1. The fraction of sp³-hybridized carbons (Fsp3) is 0.643. The van der Waals surface area contributed by atoms with Gasteiger partial charge >= 0.3 is 0 Å². The number of unbranched alkanes of at least 4 members (excludes halogenated alkanes) is 3. The maximum Gasteiger partial charge on any atom is 0.0921 e. The van der Waals surface area contributed by atoms with E-state index in [1.54, 1.807) is 6.33 Å². The molecule has 3 nitrogen and oxygen atoms in total. The van der Waals surface area contributed by atoms with E-state index in [0.717, 1.165) is 25.9 Å². The van der Waals surface area contributed by atoms with E-state index in [9.17, 15) is 0 Å². The zero-order chi connectivity index (χ0) is 12.2. The molecule has 1 aromatic heterocycles. The van der Waals surface area contributed by atoms with Crippen molar-refractivity contribution in [2.24, 2.45) is 0 Å². The number of nitrogens with one attached hydrogen (secondary N) is 2. The topological polar surface area (TPSA) is 40.7 Å². The number of H-pyrrole nitrogens is 1. The van der Waals surface area contributed by atoms with Gasteiger partial charge in [0.2, 0.25) is 0 Å². The molecule has 0 atom stereocenters. The summed E-state index contributed by atoms with van der Waals surface area (Å²) >= 11 is 0. The summed E-state index contributed by atoms with van der Waals surface area (Å²) in [6.45, 7) is 4.03. The Morgan fingerprint density at radius 1 is 1.24 bits per heavy atom. The SMILES string of the molecule is CC#CCCNCCCCCCc1cnc[nH]1. The van der Waals surface area contributed by atoms with Crippen molar-refractivity contribution in [2.45, 2.75) is 45.4 Å². The van der Waals surface area contributed by atoms with Crippen LogP contribution in [0.3, 0.4) is 0 Å². The fourth-order valence-electron chi connectivity index (χ4n) is 1.74. The van der Waals surface area contributed by atoms with Crippen molar-refractivity contribution in [3.63, 3.8) is 0 Å². The van der Waals surface area contributed by atoms with Gasteiger partial charge in [-0.1, -0.05) is 12.8 Å². The number of nitrogens with zero attached hydrogens (tertiary/aromatic N) is 1. The van der Waals surface area contributed by atoms with Crippen LogP contribution in [-0.4, -0.2) is 23.1 Å². The van der Waals surface area contributed by atoms with Crippen LogP contribution in [0.5, 0.6) is 0 Å². The summed E-state index contributed by atoms with van der Waals surface area (Å²) in [6.07, 6.45) is 10.9. The van der Waals surface area contributed by atoms with Crippen LogP contribution < -0.4 is 5.32 Å². The zero-order valence-corrected chi connectivity index (χ0v) is 10.8. The lowest BCUT2D eigenvalue weighted by molar-refractivity contribution is 0.590. The molecule has 1 rings (SSSR count). The Morgan fingerprint density at radius 3 is 2.88 bits per heavy atom. The first-order valence-corrected chi connectivity index (χ1v) is 6.51. The molecule has 94 valence electrons. The largest absolute Gasteiger partial charge is 0.348 e. The molecule has 0 bridgehead atoms. The highest BCUT2D eigenvalue weighted by molar-refractivity contribution is 4.95. The summed E-state index contributed by atoms with van der Waals surface area (Å²) in [7, 11) is 0. The molecule has 0 fully saturated rings. The van der Waals surface area contributed by atoms with Gasteiger partial charge in [0, 0.05) is 24.9 Å². The highest BCUT2D eigenvalue weighted by Gasteiger charge is 1.94. The standard InChI is InChI=1S/C14H23N3/c1-2-3-7-10-15-11-8-5-4-6-9-14-12-16-13-17-14/h12-13,15H,4-11H2,1H3,(H,16,17). The van der Waals surface area contributed by atoms with Crippen molar-refractivity contribution in [2.75, 3.05) is 13.1 Å². The van der Waals surface area contributed by atoms with Crippen molar-refractivity contribution in [3.8, 4) is 11.8 Å². The molecule has 0 unspecified atom stereocenters. The molecule has 0 aliphatic carbocycles. The molecule has 0 aliphatic rings. The van der Waals surface area contributed by atoms with Gasteiger partial charge in [-0.25, -0.2) is 4.98 Å². The van der Waals surface area contributed by atoms with E-state index in [4.69, 9.17) is 0 Å². The van der Waals surface area contributed by atoms with Gasteiger partial charge in [-0.15, -0.1) is 11.8 Å². The minimum Gasteiger partial charge on any atom is -0.348 e. The molecule has 3 heteroatoms. The summed E-state index contributed by atoms with van der Waals surface area (Å²) in [5.74, 6) is 5.95. The van der Waals surface area contributed by atoms with Crippen LogP contribution in [-0.2, 0) is 6.42 Å². The van der Waals surface area contributed by atoms with E-state index < -0.39 is 0 Å². The smallest absolute Gasteiger partial charge is 0.0921 e. The van der Waals surface area contributed by atoms with Crippen LogP contribution in [0.1, 0.15) is 44.7 Å². The van der Waals surface area contributed by atoms with Gasteiger partial charge in [-0.3, -0.25) is 0 Å². The molecule has 1 heterocycles. The first-order valence-electron chi connectivity index (χ1n) is 6.51. The minimum absolute atomic E-state index is 0.969. The Bertz CT molecular complexity index is 319. The zero-order valence-electron chi connectivity index (χ0n) is 10.8. The summed E-state index contributed by atoms with van der Waals surface area (Å²) in [5, 5.41) is 3.41. The maximum atomic E-state index is 4.01. The van der Waals surface area contributed by atoms with E-state index in [2.05, 4.69) is 27.1 Å². The van der Waals surface area contributed by atoms with Gasteiger partial charge in [0.25, 0.3) is 0 Å². The van der Waals surface area contributed by atoms with Crippen LogP contribution in [0.15, 0.2) is 12.5 Å². The monoisotopic (exact) mass is 233 g/mol. The second-order valence-electron chi connectivity index (χ2n) is 4.17. The quantitative estimate of drug-likeness (QED) is 0.508. The molecule has 0 spiro atoms. The first kappa shape index (κ1) is 13.8. The Balaban J connectivity index is 1.79. The van der Waals surface area contributed by atoms with Crippen molar-refractivity contribution >= 4 is 0 Å². The van der Waals surface area contributed by atoms with Crippen molar-refractivity contribution < 1.29 is 0 Å². The van der Waals surface area contributed by atoms with E-state index in [-0.39, 0.29) is 0 Å². The van der Waals surface area contributed by atoms with Gasteiger partial charge in [0.1, 0.15) is 0 Å². The Kier molecular flexibility index (Phi) is 8.05. The molecule has 0 radical (unpaired) electrons. The highest BCUT2D eigenvalue weighted by atomic mass is 14.9. The Labute approximate surface area is 104 Å². The Hall–Kier alpha value is -1.27. The fourth-order valence-corrected chi connectivity index (χ4v) is 1.74. The third-order valence-corrected chi connectivity index (χ3v) is 2.71. The summed E-state index contributed by atoms with van der Waals surface area (Å²) in [6, 6.07) is 0. The number of aromatic nitrogens is 2. The van der Waals surface area contributed by atoms with Crippen molar-refractivity contribution in [1.29, 1.82) is 0 Å². The molecule has 1 aromatic rings. The van der Waals surface area contributed by atoms with Crippen LogP contribution in [0.4, 0.5) is 0 Å². The second kappa shape index (κ2) is 9.92. The molecule has 0 aliphatic heterocycles. The number of aromatic amines is 1. The van der Waals surface area contributed by atoms with Crippen LogP contribution in [0, 0.1) is 11.8 Å². The van der Waals surface area contributed by atoms with E-state index in [0.29, 0.717) is 0 Å². The lowest BCUT2D eigenvalue weighted by atomic mass is 10.1. The highest BCUT2D eigenvalue weighted by Crippen LogP contribution is 2.04. The van der Waals surface area contributed by atoms with Gasteiger partial charge in [-0.05, 0) is 32.7 Å². The lowest BCUT2D eigenvalue weighted by Gasteiger charge is -2.02. The van der Waals surface area contributed by atoms with Crippen LogP contribution in [0.2, 0.25) is 0 Å². The predicted octanol–water partition coefficient (Wildman–Crippen LogP) is 2.52. The lowest BCUT2D eigenvalue weighted by Crippen LogP contribution is -2.16. The molecule has 0 saturated carbocycles. The summed E-state index contributed by atoms with van der Waals surface area (Å²) in [4.78, 5) is 7.14. The van der Waals surface area contributed by atoms with Gasteiger partial charge in [-0.2, -0.15) is 0 Å². The van der Waals surface area contributed by atoms with Gasteiger partial charge in [0.15, 0.2) is 0 Å². The number of hydrogen-bond donors (Lipinski definition) is 2. The average molecular weight is 233 g/mol. The first-order chi connectivity index (χ1) is 8.43. The third-order valence-electron chi connectivity index (χ3n) is 2.71. The molecular weight excluding hydrogens is 210 g/mol. The second-order valence-corrected chi connectivity index (χ2v) is 4.17. The predicted molar refractivity (Wildman–Crippen MR) is 71.7 cm³/mol. The molecule has 0 saturated heterocycles. The molecular formula is C14H23N3. The number of hydrogen-bond acceptors (Lipinski definition) is 2. The van der Waals surface area contributed by atoms with E-state index in [1.807, 2.05) is 13.1 Å². The summed E-state index contributed by atoms with van der Waals surface area (Å²) < 4.78 is 0. The summed E-state index contributed by atoms with van der Waals surface area (Å²) in [5.41, 5.74) is 1.25. The number of rotatable bonds is 9. The third kappa shape index (κ3) is 7.59. The minimum atomic E-state index is 0.969. The van der Waals surface area contributed by atoms with Crippen LogP contribution in [0.25, 0.3) is 0 Å². The number of imidazole rings is 1. The molecule has 2 N–H and O–H groups in total. The van der Waals surface area contributed by atoms with Crippen molar-refractivity contribution in [3.05, 3.63) is 18.2 Å². The normalized spacial score (nSPS) is 9.94. The van der Waals surface area contributed by atoms with E-state index in [1.165, 1.54) is 31.4 Å².